The number of ether oxygens (including phenoxy) is 2. The highest BCUT2D eigenvalue weighted by atomic mass is 16.5. The average molecular weight is 328 g/mol. The van der Waals surface area contributed by atoms with Crippen LogP contribution in [0.1, 0.15) is 63.0 Å². The van der Waals surface area contributed by atoms with Gasteiger partial charge in [0.15, 0.2) is 0 Å². The van der Waals surface area contributed by atoms with Crippen molar-refractivity contribution in [1.82, 2.24) is 0 Å². The molecule has 3 aliphatic carbocycles. The molecule has 3 aliphatic rings. The lowest BCUT2D eigenvalue weighted by atomic mass is 9.55. The van der Waals surface area contributed by atoms with Crippen LogP contribution in [0, 0.1) is 17.3 Å². The zero-order valence-corrected chi connectivity index (χ0v) is 15.0. The summed E-state index contributed by atoms with van der Waals surface area (Å²) < 4.78 is 11.1. The molecule has 0 aromatic heterocycles. The molecule has 0 heterocycles. The molecule has 3 nitrogen and oxygen atoms in total. The minimum Gasteiger partial charge on any atom is -0.497 e. The van der Waals surface area contributed by atoms with Crippen LogP contribution in [-0.4, -0.2) is 19.2 Å². The third-order valence-electron chi connectivity index (χ3n) is 7.15. The molecule has 2 saturated carbocycles. The van der Waals surface area contributed by atoms with Gasteiger partial charge in [-0.25, -0.2) is 0 Å². The van der Waals surface area contributed by atoms with Crippen molar-refractivity contribution in [2.24, 2.45) is 17.3 Å². The molecule has 1 aromatic carbocycles. The van der Waals surface area contributed by atoms with Crippen molar-refractivity contribution in [3.05, 3.63) is 29.3 Å². The Morgan fingerprint density at radius 3 is 2.79 bits per heavy atom. The van der Waals surface area contributed by atoms with E-state index in [9.17, 15) is 4.79 Å². The Kier molecular flexibility index (Phi) is 3.85. The van der Waals surface area contributed by atoms with Crippen molar-refractivity contribution >= 4 is 5.97 Å². The van der Waals surface area contributed by atoms with Gasteiger partial charge in [-0.1, -0.05) is 13.0 Å². The van der Waals surface area contributed by atoms with Gasteiger partial charge in [0, 0.05) is 12.3 Å². The number of carbonyl (C=O) groups is 1. The number of methoxy groups -OCH3 is 1. The molecule has 4 rings (SSSR count). The Hall–Kier alpha value is -1.51. The van der Waals surface area contributed by atoms with Crippen LogP contribution in [0.2, 0.25) is 0 Å². The number of hydrogen-bond donors (Lipinski definition) is 0. The van der Waals surface area contributed by atoms with Crippen molar-refractivity contribution in [2.45, 2.75) is 64.4 Å². The van der Waals surface area contributed by atoms with Crippen LogP contribution < -0.4 is 4.74 Å². The van der Waals surface area contributed by atoms with Crippen LogP contribution in [-0.2, 0) is 16.0 Å². The van der Waals surface area contributed by atoms with E-state index in [1.54, 1.807) is 19.6 Å². The maximum atomic E-state index is 11.5. The summed E-state index contributed by atoms with van der Waals surface area (Å²) >= 11 is 0. The van der Waals surface area contributed by atoms with Crippen LogP contribution in [0.3, 0.4) is 0 Å². The second-order valence-corrected chi connectivity index (χ2v) is 8.20. The predicted octanol–water partition coefficient (Wildman–Crippen LogP) is 4.48. The summed E-state index contributed by atoms with van der Waals surface area (Å²) in [5.74, 6) is 2.96. The molecule has 0 unspecified atom stereocenters. The van der Waals surface area contributed by atoms with E-state index in [2.05, 4.69) is 25.1 Å². The van der Waals surface area contributed by atoms with E-state index < -0.39 is 0 Å². The van der Waals surface area contributed by atoms with Crippen molar-refractivity contribution in [2.75, 3.05) is 7.11 Å². The molecule has 1 aromatic rings. The van der Waals surface area contributed by atoms with Gasteiger partial charge < -0.3 is 9.47 Å². The van der Waals surface area contributed by atoms with Gasteiger partial charge in [0.2, 0.25) is 0 Å². The van der Waals surface area contributed by atoms with Gasteiger partial charge in [0.1, 0.15) is 11.9 Å². The molecule has 130 valence electrons. The summed E-state index contributed by atoms with van der Waals surface area (Å²) in [5, 5.41) is 0. The quantitative estimate of drug-likeness (QED) is 0.751. The van der Waals surface area contributed by atoms with Gasteiger partial charge in [0.25, 0.3) is 0 Å². The van der Waals surface area contributed by atoms with Crippen LogP contribution >= 0.6 is 0 Å². The second kappa shape index (κ2) is 5.79. The Morgan fingerprint density at radius 1 is 1.21 bits per heavy atom. The average Bonchev–Trinajstić information content (AvgIpc) is 2.90. The smallest absolute Gasteiger partial charge is 0.302 e. The predicted molar refractivity (Wildman–Crippen MR) is 93.2 cm³/mol. The molecule has 24 heavy (non-hydrogen) atoms. The third-order valence-corrected chi connectivity index (χ3v) is 7.15. The zero-order chi connectivity index (χ0) is 16.9. The van der Waals surface area contributed by atoms with Crippen LogP contribution in [0.25, 0.3) is 0 Å². The molecule has 3 heteroatoms. The topological polar surface area (TPSA) is 35.5 Å². The fourth-order valence-electron chi connectivity index (χ4n) is 6.03. The maximum Gasteiger partial charge on any atom is 0.302 e. The van der Waals surface area contributed by atoms with Gasteiger partial charge in [-0.2, -0.15) is 0 Å². The minimum atomic E-state index is -0.120. The van der Waals surface area contributed by atoms with Gasteiger partial charge in [-0.3, -0.25) is 4.79 Å². The Labute approximate surface area is 144 Å². The number of rotatable bonds is 2. The molecule has 0 N–H and O–H groups in total. The molecule has 0 spiro atoms. The first-order valence-corrected chi connectivity index (χ1v) is 9.37. The monoisotopic (exact) mass is 328 g/mol. The van der Waals surface area contributed by atoms with Crippen LogP contribution in [0.4, 0.5) is 0 Å². The zero-order valence-electron chi connectivity index (χ0n) is 15.0. The van der Waals surface area contributed by atoms with Gasteiger partial charge >= 0.3 is 5.97 Å². The molecule has 0 bridgehead atoms. The van der Waals surface area contributed by atoms with E-state index >= 15 is 0 Å². The van der Waals surface area contributed by atoms with Gasteiger partial charge in [-0.05, 0) is 79.5 Å². The maximum absolute atomic E-state index is 11.5. The first-order valence-electron chi connectivity index (χ1n) is 9.37. The summed E-state index contributed by atoms with van der Waals surface area (Å²) in [7, 11) is 1.74. The van der Waals surface area contributed by atoms with Crippen molar-refractivity contribution < 1.29 is 14.3 Å². The van der Waals surface area contributed by atoms with E-state index in [0.29, 0.717) is 11.8 Å². The summed E-state index contributed by atoms with van der Waals surface area (Å²) in [6, 6.07) is 6.65. The lowest BCUT2D eigenvalue weighted by Crippen LogP contribution is -2.45. The van der Waals surface area contributed by atoms with Gasteiger partial charge in [0.05, 0.1) is 7.11 Å². The molecule has 0 aliphatic heterocycles. The molecule has 0 saturated heterocycles. The molecular formula is C21H28O3. The number of benzene rings is 1. The highest BCUT2D eigenvalue weighted by Crippen LogP contribution is 2.61. The largest absolute Gasteiger partial charge is 0.497 e. The fourth-order valence-corrected chi connectivity index (χ4v) is 6.03. The fraction of sp³-hybridized carbons (Fsp3) is 0.667. The second-order valence-electron chi connectivity index (χ2n) is 8.20. The minimum absolute atomic E-state index is 0.120. The lowest BCUT2D eigenvalue weighted by molar-refractivity contribution is -0.154. The normalized spacial score (nSPS) is 37.1. The van der Waals surface area contributed by atoms with E-state index in [-0.39, 0.29) is 17.5 Å². The lowest BCUT2D eigenvalue weighted by Gasteiger charge is -2.50. The molecule has 0 radical (unpaired) electrons. The Balaban J connectivity index is 1.62. The van der Waals surface area contributed by atoms with E-state index in [1.165, 1.54) is 31.2 Å². The number of esters is 1. The first-order chi connectivity index (χ1) is 11.5. The summed E-state index contributed by atoms with van der Waals surface area (Å²) in [6.45, 7) is 3.92. The SMILES string of the molecule is COc1ccc2c(c1)CC[C@@H]1[C@@H]2CC[C@]2(C)[C@H](OC(C)=O)CC[C@@H]12. The Morgan fingerprint density at radius 2 is 2.04 bits per heavy atom. The van der Waals surface area contributed by atoms with Crippen LogP contribution in [0.5, 0.6) is 5.75 Å². The Bertz CT molecular complexity index is 652. The molecule has 5 atom stereocenters. The summed E-state index contributed by atoms with van der Waals surface area (Å²) in [4.78, 5) is 11.5. The van der Waals surface area contributed by atoms with E-state index in [0.717, 1.165) is 24.5 Å². The summed E-state index contributed by atoms with van der Waals surface area (Å²) in [5.41, 5.74) is 3.20. The van der Waals surface area contributed by atoms with Crippen molar-refractivity contribution in [1.29, 1.82) is 0 Å². The number of hydrogen-bond acceptors (Lipinski definition) is 3. The van der Waals surface area contributed by atoms with Gasteiger partial charge in [-0.15, -0.1) is 0 Å². The molecule has 2 fully saturated rings. The molecule has 0 amide bonds. The highest BCUT2D eigenvalue weighted by molar-refractivity contribution is 5.66. The van der Waals surface area contributed by atoms with E-state index in [4.69, 9.17) is 9.47 Å². The van der Waals surface area contributed by atoms with Crippen molar-refractivity contribution in [3.63, 3.8) is 0 Å². The number of aryl methyl sites for hydroxylation is 1. The van der Waals surface area contributed by atoms with Crippen LogP contribution in [0.15, 0.2) is 18.2 Å². The highest BCUT2D eigenvalue weighted by Gasteiger charge is 2.56. The summed E-state index contributed by atoms with van der Waals surface area (Å²) in [6.07, 6.45) is 7.17. The third kappa shape index (κ3) is 2.35. The van der Waals surface area contributed by atoms with E-state index in [1.807, 2.05) is 0 Å². The molecular weight excluding hydrogens is 300 g/mol. The number of carbonyl (C=O) groups excluding carboxylic acids is 1. The van der Waals surface area contributed by atoms with Crippen molar-refractivity contribution in [3.8, 4) is 5.75 Å². The number of fused-ring (bicyclic) bond motifs is 5. The first kappa shape index (κ1) is 16.0. The standard InChI is InChI=1S/C21H28O3/c1-13(22)24-20-9-8-19-18-6-4-14-12-15(23-3)5-7-16(14)17(18)10-11-21(19,20)2/h5,7,12,17-20H,4,6,8-11H2,1-3H3/t17-,18-,19+,20-,21+/m1/s1.